The molecule has 3 atom stereocenters. The van der Waals surface area contributed by atoms with E-state index in [1.165, 1.54) is 0 Å². The maximum Gasteiger partial charge on any atom is 0.307 e. The van der Waals surface area contributed by atoms with Crippen molar-refractivity contribution in [3.63, 3.8) is 0 Å². The zero-order valence-electron chi connectivity index (χ0n) is 12.7. The van der Waals surface area contributed by atoms with Crippen LogP contribution < -0.4 is 0 Å². The molecule has 0 aromatic carbocycles. The van der Waals surface area contributed by atoms with Crippen LogP contribution in [0.5, 0.6) is 0 Å². The minimum atomic E-state index is -0.787. The molecule has 0 radical (unpaired) electrons. The lowest BCUT2D eigenvalue weighted by atomic mass is 9.94. The number of aliphatic carboxylic acids is 1. The molecule has 2 aliphatic carbocycles. The fourth-order valence-corrected chi connectivity index (χ4v) is 3.42. The minimum Gasteiger partial charge on any atom is -0.481 e. The molecule has 0 heterocycles. The molecule has 4 heteroatoms. The van der Waals surface area contributed by atoms with Crippen LogP contribution in [-0.2, 0) is 9.59 Å². The summed E-state index contributed by atoms with van der Waals surface area (Å²) in [7, 11) is 0. The molecular weight excluding hydrogens is 254 g/mol. The lowest BCUT2D eigenvalue weighted by Crippen LogP contribution is -2.41. The fourth-order valence-electron chi connectivity index (χ4n) is 3.42. The monoisotopic (exact) mass is 281 g/mol. The Hall–Kier alpha value is -1.06. The second kappa shape index (κ2) is 6.59. The van der Waals surface area contributed by atoms with Gasteiger partial charge in [0.2, 0.25) is 5.91 Å². The molecule has 2 saturated carbocycles. The Morgan fingerprint density at radius 3 is 2.30 bits per heavy atom. The maximum absolute atomic E-state index is 12.8. The largest absolute Gasteiger partial charge is 0.481 e. The van der Waals surface area contributed by atoms with E-state index in [0.717, 1.165) is 45.1 Å². The summed E-state index contributed by atoms with van der Waals surface area (Å²) in [5.41, 5.74) is 0. The van der Waals surface area contributed by atoms with Crippen LogP contribution in [0, 0.1) is 17.8 Å². The molecule has 0 bridgehead atoms. The van der Waals surface area contributed by atoms with Gasteiger partial charge in [-0.25, -0.2) is 0 Å². The Balaban J connectivity index is 2.06. The number of hydrogen-bond donors (Lipinski definition) is 1. The molecule has 1 N–H and O–H groups in total. The average molecular weight is 281 g/mol. The topological polar surface area (TPSA) is 57.6 Å². The van der Waals surface area contributed by atoms with E-state index in [1.54, 1.807) is 0 Å². The summed E-state index contributed by atoms with van der Waals surface area (Å²) in [6.07, 6.45) is 6.70. The molecule has 0 aromatic rings. The molecule has 3 unspecified atom stereocenters. The van der Waals surface area contributed by atoms with Gasteiger partial charge >= 0.3 is 5.97 Å². The highest BCUT2D eigenvalue weighted by atomic mass is 16.4. The van der Waals surface area contributed by atoms with Crippen LogP contribution in [-0.4, -0.2) is 34.5 Å². The number of rotatable bonds is 7. The van der Waals surface area contributed by atoms with Gasteiger partial charge in [0.25, 0.3) is 0 Å². The van der Waals surface area contributed by atoms with Crippen LogP contribution in [0.1, 0.15) is 58.8 Å². The van der Waals surface area contributed by atoms with Gasteiger partial charge in [-0.15, -0.1) is 0 Å². The third-order valence-corrected chi connectivity index (χ3v) is 4.90. The summed E-state index contributed by atoms with van der Waals surface area (Å²) in [6.45, 7) is 5.02. The van der Waals surface area contributed by atoms with Gasteiger partial charge in [-0.2, -0.15) is 0 Å². The first-order valence-corrected chi connectivity index (χ1v) is 8.11. The second-order valence-electron chi connectivity index (χ2n) is 6.41. The van der Waals surface area contributed by atoms with Crippen molar-refractivity contribution >= 4 is 11.9 Å². The summed E-state index contributed by atoms with van der Waals surface area (Å²) in [6, 6.07) is 0.393. The number of hydrogen-bond acceptors (Lipinski definition) is 2. The Labute approximate surface area is 121 Å². The Morgan fingerprint density at radius 1 is 1.15 bits per heavy atom. The average Bonchev–Trinajstić information content (AvgIpc) is 3.16. The van der Waals surface area contributed by atoms with E-state index in [4.69, 9.17) is 0 Å². The lowest BCUT2D eigenvalue weighted by Gasteiger charge is -2.27. The van der Waals surface area contributed by atoms with Crippen LogP contribution in [0.25, 0.3) is 0 Å². The SMILES string of the molecule is CCCCN(C(=O)C1CC(CC)CC1C(=O)O)C1CC1. The maximum atomic E-state index is 12.8. The number of unbranched alkanes of at least 4 members (excludes halogenated alkanes) is 1. The van der Waals surface area contributed by atoms with Crippen molar-refractivity contribution in [3.8, 4) is 0 Å². The van der Waals surface area contributed by atoms with Crippen molar-refractivity contribution in [2.75, 3.05) is 6.54 Å². The van der Waals surface area contributed by atoms with Crippen LogP contribution in [0.15, 0.2) is 0 Å². The van der Waals surface area contributed by atoms with Crippen molar-refractivity contribution in [3.05, 3.63) is 0 Å². The van der Waals surface area contributed by atoms with Crippen molar-refractivity contribution in [2.45, 2.75) is 64.8 Å². The molecule has 0 spiro atoms. The van der Waals surface area contributed by atoms with Crippen molar-refractivity contribution in [1.82, 2.24) is 4.90 Å². The number of carbonyl (C=O) groups excluding carboxylic acids is 1. The van der Waals surface area contributed by atoms with Gasteiger partial charge in [-0.1, -0.05) is 26.7 Å². The lowest BCUT2D eigenvalue weighted by molar-refractivity contribution is -0.149. The predicted molar refractivity (Wildman–Crippen MR) is 77.3 cm³/mol. The standard InChI is InChI=1S/C16H27NO3/c1-3-5-8-17(12-6-7-12)15(18)13-9-11(4-2)10-14(13)16(19)20/h11-14H,3-10H2,1-2H3,(H,19,20). The molecule has 0 saturated heterocycles. The first-order valence-electron chi connectivity index (χ1n) is 8.11. The molecule has 0 aliphatic heterocycles. The Morgan fingerprint density at radius 2 is 1.80 bits per heavy atom. The second-order valence-corrected chi connectivity index (χ2v) is 6.41. The first kappa shape index (κ1) is 15.3. The quantitative estimate of drug-likeness (QED) is 0.780. The third kappa shape index (κ3) is 3.33. The first-order chi connectivity index (χ1) is 9.58. The van der Waals surface area contributed by atoms with Gasteiger partial charge in [-0.05, 0) is 38.0 Å². The number of carboxylic acids is 1. The molecule has 2 rings (SSSR count). The van der Waals surface area contributed by atoms with E-state index in [1.807, 2.05) is 4.90 Å². The van der Waals surface area contributed by atoms with E-state index < -0.39 is 11.9 Å². The minimum absolute atomic E-state index is 0.115. The number of amides is 1. The number of carboxylic acid groups (broad SMARTS) is 1. The highest BCUT2D eigenvalue weighted by Crippen LogP contribution is 2.41. The summed E-state index contributed by atoms with van der Waals surface area (Å²) < 4.78 is 0. The third-order valence-electron chi connectivity index (χ3n) is 4.90. The van der Waals surface area contributed by atoms with Gasteiger partial charge in [-0.3, -0.25) is 9.59 Å². The van der Waals surface area contributed by atoms with Crippen LogP contribution in [0.2, 0.25) is 0 Å². The number of carbonyl (C=O) groups is 2. The van der Waals surface area contributed by atoms with Gasteiger partial charge in [0.15, 0.2) is 0 Å². The molecule has 2 fully saturated rings. The highest BCUT2D eigenvalue weighted by Gasteiger charge is 2.45. The molecule has 1 amide bonds. The zero-order valence-corrected chi connectivity index (χ0v) is 12.7. The van der Waals surface area contributed by atoms with E-state index >= 15 is 0 Å². The van der Waals surface area contributed by atoms with Gasteiger partial charge in [0.1, 0.15) is 0 Å². The molecule has 4 nitrogen and oxygen atoms in total. The smallest absolute Gasteiger partial charge is 0.307 e. The molecule has 2 aliphatic rings. The van der Waals surface area contributed by atoms with Crippen LogP contribution in [0.3, 0.4) is 0 Å². The van der Waals surface area contributed by atoms with Gasteiger partial charge in [0, 0.05) is 12.6 Å². The van der Waals surface area contributed by atoms with Crippen LogP contribution in [0.4, 0.5) is 0 Å². The van der Waals surface area contributed by atoms with E-state index in [-0.39, 0.29) is 11.8 Å². The normalized spacial score (nSPS) is 29.4. The highest BCUT2D eigenvalue weighted by molar-refractivity contribution is 5.85. The summed E-state index contributed by atoms with van der Waals surface area (Å²) in [5, 5.41) is 9.39. The Kier molecular flexibility index (Phi) is 5.06. The van der Waals surface area contributed by atoms with Crippen molar-refractivity contribution < 1.29 is 14.7 Å². The molecule has 114 valence electrons. The van der Waals surface area contributed by atoms with Crippen molar-refractivity contribution in [1.29, 1.82) is 0 Å². The molecule has 20 heavy (non-hydrogen) atoms. The predicted octanol–water partition coefficient (Wildman–Crippen LogP) is 2.91. The van der Waals surface area contributed by atoms with E-state index in [9.17, 15) is 14.7 Å². The zero-order chi connectivity index (χ0) is 14.7. The summed E-state index contributed by atoms with van der Waals surface area (Å²) >= 11 is 0. The van der Waals surface area contributed by atoms with Gasteiger partial charge < -0.3 is 10.0 Å². The molecular formula is C16H27NO3. The Bertz CT molecular complexity index is 365. The fraction of sp³-hybridized carbons (Fsp3) is 0.875. The van der Waals surface area contributed by atoms with Gasteiger partial charge in [0.05, 0.1) is 11.8 Å². The van der Waals surface area contributed by atoms with E-state index in [2.05, 4.69) is 13.8 Å². The van der Waals surface area contributed by atoms with E-state index in [0.29, 0.717) is 18.4 Å². The summed E-state index contributed by atoms with van der Waals surface area (Å²) in [4.78, 5) is 26.2. The van der Waals surface area contributed by atoms with Crippen LogP contribution >= 0.6 is 0 Å². The van der Waals surface area contributed by atoms with Crippen molar-refractivity contribution in [2.24, 2.45) is 17.8 Å². The summed E-state index contributed by atoms with van der Waals surface area (Å²) in [5.74, 6) is -1.02. The number of nitrogens with zero attached hydrogens (tertiary/aromatic N) is 1. The molecule has 0 aromatic heterocycles.